The predicted octanol–water partition coefficient (Wildman–Crippen LogP) is 26.4. The molecule has 0 bridgehead atoms. The Morgan fingerprint density at radius 3 is 1.15 bits per heavy atom. The summed E-state index contributed by atoms with van der Waals surface area (Å²) in [5.74, 6) is -0.630. The van der Waals surface area contributed by atoms with Crippen LogP contribution in [-0.4, -0.2) is 85.6 Å². The van der Waals surface area contributed by atoms with E-state index in [1.807, 2.05) is 6.07 Å². The molecule has 0 aliphatic carbocycles. The summed E-state index contributed by atoms with van der Waals surface area (Å²) in [7, 11) is 0. The number of aromatic nitrogens is 2. The molecule has 0 atom stereocenters. The lowest BCUT2D eigenvalue weighted by atomic mass is 9.82. The van der Waals surface area contributed by atoms with E-state index in [-0.39, 0.29) is 39.5 Å². The number of rotatable bonds is 9. The molecule has 576 valence electrons. The molecule has 15 rings (SSSR count). The smallest absolute Gasteiger partial charge is 0.255 e. The SMILES string of the molecule is CC(C)(C)N1CC=C(c2cc(-c3ccc(F)cc3Cl)c3ccc(=O)n(-c4c(Cl)cccc4Cl)c3c2)CC1.CC(C)(C)N1CCC(c2cc(-c3ccc(F)cc3Cl)c3c(c2)N(c2c(Cl)cccc2Cl)C(=O)CC3)CC1.CC(C)(C)N1CCC(c2cc(-c3ccc(F)cc3Cl)c3ccc(=O)n(-c4c(Cl)cccc4Cl)c3c2)CC1. The Kier molecular flexibility index (Phi) is 24.6. The summed E-state index contributed by atoms with van der Waals surface area (Å²) in [4.78, 5) is 49.1. The Morgan fingerprint density at radius 1 is 0.360 bits per heavy atom. The third kappa shape index (κ3) is 17.5. The molecule has 111 heavy (non-hydrogen) atoms. The highest BCUT2D eigenvalue weighted by Gasteiger charge is 2.36. The van der Waals surface area contributed by atoms with E-state index in [1.165, 1.54) is 54.1 Å². The number of anilines is 2. The van der Waals surface area contributed by atoms with E-state index in [2.05, 4.69) is 113 Å². The number of halogens is 12. The third-order valence-electron chi connectivity index (χ3n) is 21.9. The van der Waals surface area contributed by atoms with Gasteiger partial charge in [0.15, 0.2) is 0 Å². The van der Waals surface area contributed by atoms with Gasteiger partial charge in [0.25, 0.3) is 11.1 Å². The summed E-state index contributed by atoms with van der Waals surface area (Å²) in [6, 6.07) is 48.1. The molecule has 9 aromatic carbocycles. The zero-order valence-corrected chi connectivity index (χ0v) is 69.8. The summed E-state index contributed by atoms with van der Waals surface area (Å²) in [6.07, 6.45) is 7.94. The van der Waals surface area contributed by atoms with Crippen LogP contribution in [-0.2, 0) is 11.2 Å². The predicted molar refractivity (Wildman–Crippen MR) is 459 cm³/mol. The number of para-hydroxylation sites is 3. The molecular weight excluding hydrogens is 1590 g/mol. The first-order valence-corrected chi connectivity index (χ1v) is 40.6. The zero-order chi connectivity index (χ0) is 79.4. The number of carbonyl (C=O) groups excluding carboxylic acids is 1. The van der Waals surface area contributed by atoms with Gasteiger partial charge in [-0.1, -0.05) is 141 Å². The number of benzene rings is 9. The number of hydrogen-bond acceptors (Lipinski definition) is 6. The number of pyridine rings is 2. The molecule has 4 aliphatic heterocycles. The van der Waals surface area contributed by atoms with Gasteiger partial charge in [-0.3, -0.25) is 43.1 Å². The number of carbonyl (C=O) groups is 1. The van der Waals surface area contributed by atoms with Crippen molar-refractivity contribution in [2.75, 3.05) is 44.2 Å². The van der Waals surface area contributed by atoms with Crippen molar-refractivity contribution in [2.45, 2.75) is 136 Å². The van der Waals surface area contributed by atoms with Crippen molar-refractivity contribution in [3.05, 3.63) is 282 Å². The van der Waals surface area contributed by atoms with E-state index in [9.17, 15) is 27.6 Å². The van der Waals surface area contributed by atoms with Crippen LogP contribution in [0.4, 0.5) is 24.5 Å². The van der Waals surface area contributed by atoms with Gasteiger partial charge in [-0.25, -0.2) is 13.2 Å². The van der Waals surface area contributed by atoms with E-state index in [0.717, 1.165) is 132 Å². The highest BCUT2D eigenvalue weighted by Crippen LogP contribution is 2.50. The van der Waals surface area contributed by atoms with E-state index in [1.54, 1.807) is 99.0 Å². The number of amides is 1. The first-order valence-electron chi connectivity index (χ1n) is 37.2. The van der Waals surface area contributed by atoms with Crippen LogP contribution in [0.3, 0.4) is 0 Å². The minimum absolute atomic E-state index is 0.0571. The number of hydrogen-bond donors (Lipinski definition) is 0. The Morgan fingerprint density at radius 2 is 0.748 bits per heavy atom. The number of nitrogens with zero attached hydrogens (tertiary/aromatic N) is 6. The van der Waals surface area contributed by atoms with Crippen LogP contribution < -0.4 is 16.0 Å². The molecule has 0 unspecified atom stereocenters. The fraction of sp³-hybridized carbons (Fsp3) is 0.300. The van der Waals surface area contributed by atoms with Gasteiger partial charge in [-0.05, 0) is 311 Å². The van der Waals surface area contributed by atoms with Crippen molar-refractivity contribution in [1.29, 1.82) is 0 Å². The van der Waals surface area contributed by atoms with Crippen molar-refractivity contribution >= 4 is 149 Å². The number of likely N-dealkylation sites (tertiary alicyclic amines) is 2. The summed E-state index contributed by atoms with van der Waals surface area (Å²) in [5.41, 5.74) is 13.4. The van der Waals surface area contributed by atoms with E-state index < -0.39 is 11.6 Å². The molecule has 6 heterocycles. The molecule has 0 N–H and O–H groups in total. The molecule has 4 aliphatic rings. The molecule has 2 saturated heterocycles. The lowest BCUT2D eigenvalue weighted by Gasteiger charge is -2.41. The highest BCUT2D eigenvalue weighted by molar-refractivity contribution is 6.41. The standard InChI is InChI=1S/C30H30Cl3FN2O.C30H28Cl3FN2O.C30H26Cl3FN2O/c3*1-30(2,3)35-13-11-18(12-14-35)19-15-23(21-8-7-20(34)17-26(21)33)22-9-10-28(37)36(27(22)16-19)29-24(31)5-4-6-25(29)32/h4-8,15-18H,9-14H2,1-3H3;4-10,15-18H,11-14H2,1-3H3;4-11,15-17H,12-14H2,1-3H3. The van der Waals surface area contributed by atoms with Crippen LogP contribution in [0.5, 0.6) is 0 Å². The Labute approximate surface area is 691 Å². The van der Waals surface area contributed by atoms with E-state index in [4.69, 9.17) is 104 Å². The maximum atomic E-state index is 14.0. The van der Waals surface area contributed by atoms with E-state index >= 15 is 0 Å². The molecule has 0 spiro atoms. The average molecular weight is 1670 g/mol. The summed E-state index contributed by atoms with van der Waals surface area (Å²) < 4.78 is 45.0. The van der Waals surface area contributed by atoms with Crippen molar-refractivity contribution < 1.29 is 18.0 Å². The van der Waals surface area contributed by atoms with Crippen molar-refractivity contribution in [3.8, 4) is 44.8 Å². The first-order chi connectivity index (χ1) is 52.6. The fourth-order valence-corrected chi connectivity index (χ4v) is 18.4. The van der Waals surface area contributed by atoms with Crippen LogP contribution in [0.15, 0.2) is 186 Å². The first kappa shape index (κ1) is 81.9. The van der Waals surface area contributed by atoms with Crippen LogP contribution in [0.2, 0.25) is 45.2 Å². The monoisotopic (exact) mass is 1670 g/mol. The van der Waals surface area contributed by atoms with Gasteiger partial charge in [0.1, 0.15) is 17.5 Å². The van der Waals surface area contributed by atoms with E-state index in [0.29, 0.717) is 109 Å². The normalized spacial score (nSPS) is 15.8. The topological polar surface area (TPSA) is 74.0 Å². The van der Waals surface area contributed by atoms with Gasteiger partial charge < -0.3 is 0 Å². The van der Waals surface area contributed by atoms with Gasteiger partial charge in [0, 0.05) is 75.7 Å². The second-order valence-corrected chi connectivity index (χ2v) is 35.5. The van der Waals surface area contributed by atoms with Gasteiger partial charge in [-0.2, -0.15) is 0 Å². The number of fused-ring (bicyclic) bond motifs is 3. The lowest BCUT2D eigenvalue weighted by molar-refractivity contribution is -0.118. The second kappa shape index (κ2) is 33.4. The van der Waals surface area contributed by atoms with Crippen LogP contribution in [0.1, 0.15) is 135 Å². The van der Waals surface area contributed by atoms with Crippen molar-refractivity contribution in [2.24, 2.45) is 0 Å². The zero-order valence-electron chi connectivity index (χ0n) is 63.0. The highest BCUT2D eigenvalue weighted by atomic mass is 35.5. The maximum Gasteiger partial charge on any atom is 0.255 e. The van der Waals surface area contributed by atoms with Crippen molar-refractivity contribution in [3.63, 3.8) is 0 Å². The molecule has 9 nitrogen and oxygen atoms in total. The fourth-order valence-electron chi connectivity index (χ4n) is 15.9. The minimum atomic E-state index is -0.411. The number of piperidine rings is 2. The average Bonchev–Trinajstić information content (AvgIpc) is 0.754. The summed E-state index contributed by atoms with van der Waals surface area (Å²) in [6.45, 7) is 25.8. The third-order valence-corrected chi connectivity index (χ3v) is 24.6. The van der Waals surface area contributed by atoms with Gasteiger partial charge in [-0.15, -0.1) is 0 Å². The van der Waals surface area contributed by atoms with Gasteiger partial charge in [0.05, 0.1) is 79.0 Å². The van der Waals surface area contributed by atoms with Gasteiger partial charge in [0.2, 0.25) is 5.91 Å². The molecule has 0 saturated carbocycles. The molecule has 0 radical (unpaired) electrons. The Balaban J connectivity index is 0.000000146. The Bertz CT molecular complexity index is 5550. The minimum Gasteiger partial charge on any atom is -0.298 e. The largest absolute Gasteiger partial charge is 0.298 e. The molecule has 2 aromatic heterocycles. The maximum absolute atomic E-state index is 14.0. The quantitative estimate of drug-likeness (QED) is 0.143. The van der Waals surface area contributed by atoms with Crippen LogP contribution >= 0.6 is 104 Å². The van der Waals surface area contributed by atoms with Crippen LogP contribution in [0.25, 0.3) is 72.1 Å². The van der Waals surface area contributed by atoms with Gasteiger partial charge >= 0.3 is 0 Å². The molecule has 1 amide bonds. The van der Waals surface area contributed by atoms with Crippen LogP contribution in [0, 0.1) is 17.5 Å². The molecule has 2 fully saturated rings. The second-order valence-electron chi connectivity index (χ2n) is 31.8. The summed E-state index contributed by atoms with van der Waals surface area (Å²) >= 11 is 59.1. The molecule has 11 aromatic rings. The Hall–Kier alpha value is -7.11. The van der Waals surface area contributed by atoms with Crippen molar-refractivity contribution in [1.82, 2.24) is 23.8 Å². The summed E-state index contributed by atoms with van der Waals surface area (Å²) in [5, 5.41) is 4.87. The molecule has 21 heteroatoms. The lowest BCUT2D eigenvalue weighted by Crippen LogP contribution is -2.45. The molecular formula is C90H84Cl9F3N6O3.